The van der Waals surface area contributed by atoms with Crippen molar-refractivity contribution in [3.8, 4) is 0 Å². The van der Waals surface area contributed by atoms with Crippen molar-refractivity contribution in [2.24, 2.45) is 0 Å². The van der Waals surface area contributed by atoms with Crippen LogP contribution in [0.3, 0.4) is 0 Å². The molecule has 0 amide bonds. The second-order valence-corrected chi connectivity index (χ2v) is 4.29. The fourth-order valence-electron chi connectivity index (χ4n) is 2.42. The van der Waals surface area contributed by atoms with E-state index in [1.165, 1.54) is 0 Å². The van der Waals surface area contributed by atoms with Gasteiger partial charge in [0.05, 0.1) is 6.61 Å². The molecular weight excluding hydrogens is 181 g/mol. The Morgan fingerprint density at radius 2 is 2.21 bits per heavy atom. The van der Waals surface area contributed by atoms with E-state index in [0.29, 0.717) is 19.6 Å². The summed E-state index contributed by atoms with van der Waals surface area (Å²) in [6.45, 7) is 6.09. The van der Waals surface area contributed by atoms with E-state index in [1.807, 2.05) is 14.0 Å². The molecule has 2 nitrogen and oxygen atoms in total. The van der Waals surface area contributed by atoms with Crippen LogP contribution in [0.15, 0.2) is 0 Å². The van der Waals surface area contributed by atoms with Crippen molar-refractivity contribution in [1.82, 2.24) is 4.90 Å². The van der Waals surface area contributed by atoms with E-state index in [9.17, 15) is 4.39 Å². The van der Waals surface area contributed by atoms with Crippen LogP contribution in [0.4, 0.5) is 4.39 Å². The summed E-state index contributed by atoms with van der Waals surface area (Å²) in [5, 5.41) is 0. The number of nitrogens with zero attached hydrogens (tertiary/aromatic N) is 1. The molecule has 1 aliphatic rings. The first-order chi connectivity index (χ1) is 6.64. The maximum atomic E-state index is 13.3. The molecule has 0 saturated carbocycles. The van der Waals surface area contributed by atoms with Crippen LogP contribution < -0.4 is 0 Å². The van der Waals surface area contributed by atoms with Gasteiger partial charge in [0.25, 0.3) is 0 Å². The normalized spacial score (nSPS) is 33.9. The highest BCUT2D eigenvalue weighted by Gasteiger charge is 2.43. The van der Waals surface area contributed by atoms with Gasteiger partial charge in [-0.1, -0.05) is 13.3 Å². The Balaban J connectivity index is 2.60. The molecule has 1 aliphatic heterocycles. The molecule has 84 valence electrons. The molecule has 14 heavy (non-hydrogen) atoms. The fraction of sp³-hybridized carbons (Fsp3) is 1.00. The van der Waals surface area contributed by atoms with Crippen molar-refractivity contribution in [3.63, 3.8) is 0 Å². The highest BCUT2D eigenvalue weighted by Crippen LogP contribution is 2.34. The zero-order valence-corrected chi connectivity index (χ0v) is 9.55. The maximum absolute atomic E-state index is 13.3. The number of rotatable bonds is 5. The van der Waals surface area contributed by atoms with Crippen LogP contribution in [0.5, 0.6) is 0 Å². The molecule has 0 aromatic heterocycles. The largest absolute Gasteiger partial charge is 0.380 e. The van der Waals surface area contributed by atoms with Crippen LogP contribution in [0.2, 0.25) is 0 Å². The van der Waals surface area contributed by atoms with Gasteiger partial charge in [-0.3, -0.25) is 4.90 Å². The van der Waals surface area contributed by atoms with Gasteiger partial charge in [-0.15, -0.1) is 0 Å². The minimum absolute atomic E-state index is 0.0375. The minimum atomic E-state index is -0.674. The van der Waals surface area contributed by atoms with Crippen molar-refractivity contribution in [3.05, 3.63) is 0 Å². The maximum Gasteiger partial charge on any atom is 0.115 e. The molecule has 3 heteroatoms. The van der Waals surface area contributed by atoms with E-state index < -0.39 is 6.17 Å². The van der Waals surface area contributed by atoms with Gasteiger partial charge < -0.3 is 4.74 Å². The summed E-state index contributed by atoms with van der Waals surface area (Å²) >= 11 is 0. The summed E-state index contributed by atoms with van der Waals surface area (Å²) in [6, 6.07) is 0. The van der Waals surface area contributed by atoms with Gasteiger partial charge in [0.15, 0.2) is 0 Å². The molecule has 0 aromatic rings. The summed E-state index contributed by atoms with van der Waals surface area (Å²) in [4.78, 5) is 2.14. The van der Waals surface area contributed by atoms with Crippen LogP contribution in [0, 0.1) is 0 Å². The number of likely N-dealkylation sites (N-methyl/N-ethyl adjacent to an activating group) is 1. The lowest BCUT2D eigenvalue weighted by molar-refractivity contribution is 0.0250. The van der Waals surface area contributed by atoms with Crippen LogP contribution in [-0.2, 0) is 4.74 Å². The number of likely N-dealkylation sites (tertiary alicyclic amines) is 1. The molecule has 0 radical (unpaired) electrons. The monoisotopic (exact) mass is 203 g/mol. The van der Waals surface area contributed by atoms with Gasteiger partial charge in [0.1, 0.15) is 6.17 Å². The lowest BCUT2D eigenvalue weighted by Gasteiger charge is -2.35. The molecule has 1 heterocycles. The molecule has 1 rings (SSSR count). The average molecular weight is 203 g/mol. The summed E-state index contributed by atoms with van der Waals surface area (Å²) in [7, 11) is 2.01. The second-order valence-electron chi connectivity index (χ2n) is 4.29. The number of alkyl halides is 1. The lowest BCUT2D eigenvalue weighted by atomic mass is 9.91. The predicted molar refractivity (Wildman–Crippen MR) is 56.3 cm³/mol. The van der Waals surface area contributed by atoms with Gasteiger partial charge >= 0.3 is 0 Å². The quantitative estimate of drug-likeness (QED) is 0.679. The summed E-state index contributed by atoms with van der Waals surface area (Å²) < 4.78 is 18.8. The predicted octanol–water partition coefficient (Wildman–Crippen LogP) is 2.24. The number of hydrogen-bond acceptors (Lipinski definition) is 2. The Morgan fingerprint density at radius 1 is 1.50 bits per heavy atom. The van der Waals surface area contributed by atoms with Crippen LogP contribution in [0.25, 0.3) is 0 Å². The Kier molecular flexibility index (Phi) is 4.32. The highest BCUT2D eigenvalue weighted by molar-refractivity contribution is 4.98. The third-order valence-corrected chi connectivity index (χ3v) is 3.17. The molecular formula is C11H22FNO. The Morgan fingerprint density at radius 3 is 2.64 bits per heavy atom. The van der Waals surface area contributed by atoms with Gasteiger partial charge in [0.2, 0.25) is 0 Å². The van der Waals surface area contributed by atoms with Gasteiger partial charge in [0, 0.05) is 25.1 Å². The van der Waals surface area contributed by atoms with Crippen molar-refractivity contribution < 1.29 is 9.13 Å². The van der Waals surface area contributed by atoms with Crippen LogP contribution in [0.1, 0.15) is 33.1 Å². The highest BCUT2D eigenvalue weighted by atomic mass is 19.1. The fourth-order valence-corrected chi connectivity index (χ4v) is 2.42. The standard InChI is InChI=1S/C11H22FNO/c1-4-6-11(9-14-5-2)7-10(12)8-13(11)3/h10H,4-9H2,1-3H3/t10-,11+/m0/s1. The summed E-state index contributed by atoms with van der Waals surface area (Å²) in [6.07, 6.45) is 2.08. The molecule has 0 aromatic carbocycles. The third kappa shape index (κ3) is 2.45. The van der Waals surface area contributed by atoms with E-state index in [-0.39, 0.29) is 5.54 Å². The van der Waals surface area contributed by atoms with Crippen LogP contribution in [-0.4, -0.2) is 43.4 Å². The molecule has 0 spiro atoms. The zero-order valence-electron chi connectivity index (χ0n) is 9.55. The molecule has 2 atom stereocenters. The van der Waals surface area contributed by atoms with Crippen molar-refractivity contribution >= 4 is 0 Å². The van der Waals surface area contributed by atoms with E-state index in [1.54, 1.807) is 0 Å². The Hall–Kier alpha value is -0.150. The molecule has 1 saturated heterocycles. The SMILES string of the molecule is CCC[C@]1(COCC)C[C@H](F)CN1C. The van der Waals surface area contributed by atoms with E-state index in [4.69, 9.17) is 4.74 Å². The van der Waals surface area contributed by atoms with E-state index >= 15 is 0 Å². The van der Waals surface area contributed by atoms with Gasteiger partial charge in [-0.25, -0.2) is 4.39 Å². The smallest absolute Gasteiger partial charge is 0.115 e. The second kappa shape index (κ2) is 5.08. The lowest BCUT2D eigenvalue weighted by Crippen LogP contribution is -2.45. The summed E-state index contributed by atoms with van der Waals surface area (Å²) in [5.74, 6) is 0. The number of hydrogen-bond donors (Lipinski definition) is 0. The van der Waals surface area contributed by atoms with Crippen molar-refractivity contribution in [2.45, 2.75) is 44.8 Å². The first-order valence-corrected chi connectivity index (χ1v) is 5.57. The topological polar surface area (TPSA) is 12.5 Å². The van der Waals surface area contributed by atoms with Gasteiger partial charge in [-0.05, 0) is 20.4 Å². The average Bonchev–Trinajstić information content (AvgIpc) is 2.40. The van der Waals surface area contributed by atoms with E-state index in [2.05, 4.69) is 11.8 Å². The first kappa shape index (κ1) is 11.9. The summed E-state index contributed by atoms with van der Waals surface area (Å²) in [5.41, 5.74) is -0.0375. The molecule has 0 N–H and O–H groups in total. The Labute approximate surface area is 86.4 Å². The van der Waals surface area contributed by atoms with Crippen LogP contribution >= 0.6 is 0 Å². The van der Waals surface area contributed by atoms with E-state index in [0.717, 1.165) is 19.4 Å². The zero-order chi connectivity index (χ0) is 10.6. The number of ether oxygens (including phenoxy) is 1. The molecule has 1 fully saturated rings. The molecule has 0 unspecified atom stereocenters. The van der Waals surface area contributed by atoms with Gasteiger partial charge in [-0.2, -0.15) is 0 Å². The first-order valence-electron chi connectivity index (χ1n) is 5.57. The molecule has 0 aliphatic carbocycles. The number of halogens is 1. The molecule has 0 bridgehead atoms. The third-order valence-electron chi connectivity index (χ3n) is 3.17. The minimum Gasteiger partial charge on any atom is -0.380 e. The van der Waals surface area contributed by atoms with Crippen molar-refractivity contribution in [1.29, 1.82) is 0 Å². The van der Waals surface area contributed by atoms with Crippen molar-refractivity contribution in [2.75, 3.05) is 26.8 Å². The Bertz CT molecular complexity index is 177.